The number of nitrogens with zero attached hydrogens (tertiary/aromatic N) is 2. The summed E-state index contributed by atoms with van der Waals surface area (Å²) in [6, 6.07) is -1.43. The van der Waals surface area contributed by atoms with E-state index in [2.05, 4.69) is 0 Å². The van der Waals surface area contributed by atoms with Crippen LogP contribution in [0.25, 0.3) is 0 Å². The first-order chi connectivity index (χ1) is 8.44. The largest absolute Gasteiger partial charge is 0.417 e. The Balaban J connectivity index is 3.58. The summed E-state index contributed by atoms with van der Waals surface area (Å²) in [6.07, 6.45) is -4.25. The van der Waals surface area contributed by atoms with Crippen LogP contribution in [0.3, 0.4) is 0 Å². The number of hydrogen-bond donors (Lipinski definition) is 2. The minimum atomic E-state index is -4.84. The van der Waals surface area contributed by atoms with Crippen LogP contribution in [-0.2, 0) is 0 Å². The van der Waals surface area contributed by atoms with Gasteiger partial charge in [0.05, 0.1) is 16.5 Å². The maximum absolute atomic E-state index is 12.7. The average molecular weight is 301 g/mol. The number of nitro groups is 1. The number of halogens is 4. The number of likely N-dealkylation sites (N-methyl/N-ethyl adjacent to an activating group) is 1. The normalized spacial score (nSPS) is 28.7. The van der Waals surface area contributed by atoms with Crippen molar-refractivity contribution in [2.75, 3.05) is 14.1 Å². The summed E-state index contributed by atoms with van der Waals surface area (Å²) >= 11 is 5.51. The summed E-state index contributed by atoms with van der Waals surface area (Å²) in [5.41, 5.74) is 7.10. The zero-order valence-electron chi connectivity index (χ0n) is 10.0. The summed E-state index contributed by atoms with van der Waals surface area (Å²) in [5.74, 6) is 0. The second-order valence-corrected chi connectivity index (χ2v) is 4.62. The monoisotopic (exact) mass is 300 g/mol. The van der Waals surface area contributed by atoms with Crippen LogP contribution in [0.4, 0.5) is 13.2 Å². The molecule has 0 saturated heterocycles. The van der Waals surface area contributed by atoms with Gasteiger partial charge < -0.3 is 11.5 Å². The van der Waals surface area contributed by atoms with Crippen LogP contribution >= 0.6 is 11.6 Å². The van der Waals surface area contributed by atoms with E-state index in [-0.39, 0.29) is 0 Å². The van der Waals surface area contributed by atoms with Crippen molar-refractivity contribution in [1.82, 2.24) is 4.90 Å². The first-order valence-electron chi connectivity index (χ1n) is 5.00. The molecule has 0 aromatic carbocycles. The molecule has 0 aromatic heterocycles. The lowest BCUT2D eigenvalue weighted by molar-refractivity contribution is -0.441. The van der Waals surface area contributed by atoms with E-state index < -0.39 is 39.1 Å². The van der Waals surface area contributed by atoms with Gasteiger partial charge in [0, 0.05) is 0 Å². The fraction of sp³-hybridized carbons (Fsp3) is 0.556. The van der Waals surface area contributed by atoms with Crippen LogP contribution in [0.1, 0.15) is 0 Å². The van der Waals surface area contributed by atoms with Gasteiger partial charge in [0.15, 0.2) is 5.66 Å². The molecule has 0 bridgehead atoms. The Morgan fingerprint density at radius 2 is 2.00 bits per heavy atom. The highest BCUT2D eigenvalue weighted by Crippen LogP contribution is 2.42. The lowest BCUT2D eigenvalue weighted by Gasteiger charge is -2.39. The summed E-state index contributed by atoms with van der Waals surface area (Å²) in [5, 5.41) is 9.96. The fourth-order valence-corrected chi connectivity index (χ4v) is 2.19. The van der Waals surface area contributed by atoms with Crippen LogP contribution in [0, 0.1) is 10.1 Å². The third kappa shape index (κ3) is 2.46. The van der Waals surface area contributed by atoms with Crippen molar-refractivity contribution in [2.45, 2.75) is 17.9 Å². The zero-order chi connectivity index (χ0) is 15.2. The van der Waals surface area contributed by atoms with E-state index in [1.165, 1.54) is 14.1 Å². The van der Waals surface area contributed by atoms with Gasteiger partial charge in [0.2, 0.25) is 0 Å². The highest BCUT2D eigenvalue weighted by atomic mass is 35.5. The summed E-state index contributed by atoms with van der Waals surface area (Å²) < 4.78 is 38.2. The van der Waals surface area contributed by atoms with Crippen LogP contribution in [0.2, 0.25) is 0 Å². The van der Waals surface area contributed by atoms with E-state index in [1.54, 1.807) is 0 Å². The van der Waals surface area contributed by atoms with E-state index in [0.29, 0.717) is 6.08 Å². The highest BCUT2D eigenvalue weighted by Gasteiger charge is 2.54. The highest BCUT2D eigenvalue weighted by molar-refractivity contribution is 6.32. The van der Waals surface area contributed by atoms with Crippen molar-refractivity contribution < 1.29 is 18.1 Å². The molecule has 0 heterocycles. The van der Waals surface area contributed by atoms with E-state index in [9.17, 15) is 23.3 Å². The predicted octanol–water partition coefficient (Wildman–Crippen LogP) is 0.760. The first-order valence-corrected chi connectivity index (χ1v) is 5.37. The van der Waals surface area contributed by atoms with E-state index in [1.807, 2.05) is 0 Å². The lowest BCUT2D eigenvalue weighted by atomic mass is 9.88. The van der Waals surface area contributed by atoms with E-state index in [4.69, 9.17) is 23.1 Å². The minimum absolute atomic E-state index is 0.593. The van der Waals surface area contributed by atoms with Crippen molar-refractivity contribution in [3.63, 3.8) is 0 Å². The molecule has 0 spiro atoms. The molecular formula is C9H12ClF3N4O2. The van der Waals surface area contributed by atoms with Gasteiger partial charge in [-0.2, -0.15) is 13.2 Å². The molecule has 0 fully saturated rings. The van der Waals surface area contributed by atoms with E-state index in [0.717, 1.165) is 4.90 Å². The van der Waals surface area contributed by atoms with Gasteiger partial charge in [0.25, 0.3) is 0 Å². The van der Waals surface area contributed by atoms with Gasteiger partial charge in [-0.05, 0) is 14.1 Å². The molecule has 19 heavy (non-hydrogen) atoms. The molecule has 4 N–H and O–H groups in total. The Bertz CT molecular complexity index is 475. The quantitative estimate of drug-likeness (QED) is 0.446. The molecule has 1 rings (SSSR count). The second-order valence-electron chi connectivity index (χ2n) is 4.24. The number of nitrogens with two attached hydrogens (primary N) is 2. The molecule has 1 aliphatic rings. The zero-order valence-corrected chi connectivity index (χ0v) is 10.8. The summed E-state index contributed by atoms with van der Waals surface area (Å²) in [7, 11) is 2.72. The van der Waals surface area contributed by atoms with Gasteiger partial charge in [0.1, 0.15) is 5.03 Å². The van der Waals surface area contributed by atoms with Gasteiger partial charge >= 0.3 is 11.9 Å². The Morgan fingerprint density at radius 3 is 2.32 bits per heavy atom. The topological polar surface area (TPSA) is 98.4 Å². The number of hydrogen-bond acceptors (Lipinski definition) is 5. The van der Waals surface area contributed by atoms with Crippen molar-refractivity contribution in [2.24, 2.45) is 11.5 Å². The molecule has 108 valence electrons. The third-order valence-corrected chi connectivity index (χ3v) is 3.29. The molecule has 0 radical (unpaired) electrons. The number of allylic oxidation sites excluding steroid dienone is 2. The van der Waals surface area contributed by atoms with Crippen molar-refractivity contribution >= 4 is 11.6 Å². The molecular weight excluding hydrogens is 289 g/mol. The maximum Gasteiger partial charge on any atom is 0.417 e. The Morgan fingerprint density at radius 1 is 1.53 bits per heavy atom. The summed E-state index contributed by atoms with van der Waals surface area (Å²) in [4.78, 5) is 11.1. The Labute approximate surface area is 111 Å². The SMILES string of the molecule is CN(C)C1(N)C([N+](=O)[O-])=C(Cl)C(C(F)(F)F)=CC1N. The van der Waals surface area contributed by atoms with Crippen LogP contribution < -0.4 is 11.5 Å². The van der Waals surface area contributed by atoms with Crippen LogP contribution in [0.15, 0.2) is 22.4 Å². The van der Waals surface area contributed by atoms with Crippen molar-refractivity contribution in [1.29, 1.82) is 0 Å². The Kier molecular flexibility index (Phi) is 3.97. The lowest BCUT2D eigenvalue weighted by Crippen LogP contribution is -2.67. The molecule has 1 aliphatic carbocycles. The molecule has 0 aliphatic heterocycles. The van der Waals surface area contributed by atoms with Crippen LogP contribution in [0.5, 0.6) is 0 Å². The molecule has 0 saturated carbocycles. The summed E-state index contributed by atoms with van der Waals surface area (Å²) in [6.45, 7) is 0. The van der Waals surface area contributed by atoms with Crippen molar-refractivity contribution in [3.8, 4) is 0 Å². The molecule has 0 aromatic rings. The average Bonchev–Trinajstić information content (AvgIpc) is 2.21. The second kappa shape index (κ2) is 4.75. The van der Waals surface area contributed by atoms with Crippen LogP contribution in [-0.4, -0.2) is 41.8 Å². The van der Waals surface area contributed by atoms with Gasteiger partial charge in [-0.15, -0.1) is 0 Å². The molecule has 0 amide bonds. The standard InChI is InChI=1S/C9H12ClF3N4O2/c1-16(2)8(15)5(14)3-4(9(11,12)13)6(10)7(8)17(18)19/h3,5H,14-15H2,1-2H3. The molecule has 6 nitrogen and oxygen atoms in total. The smallest absolute Gasteiger partial charge is 0.321 e. The molecule has 2 unspecified atom stereocenters. The number of rotatable bonds is 2. The number of alkyl halides is 3. The van der Waals surface area contributed by atoms with Gasteiger partial charge in [-0.3, -0.25) is 15.0 Å². The third-order valence-electron chi connectivity index (χ3n) is 2.91. The Hall–Kier alpha value is -1.16. The fourth-order valence-electron chi connectivity index (χ4n) is 1.80. The minimum Gasteiger partial charge on any atom is -0.321 e. The maximum atomic E-state index is 12.7. The van der Waals surface area contributed by atoms with Gasteiger partial charge in [-0.1, -0.05) is 17.7 Å². The molecule has 2 atom stereocenters. The van der Waals surface area contributed by atoms with Crippen molar-refractivity contribution in [3.05, 3.63) is 32.5 Å². The first kappa shape index (κ1) is 15.9. The van der Waals surface area contributed by atoms with E-state index >= 15 is 0 Å². The van der Waals surface area contributed by atoms with Gasteiger partial charge in [-0.25, -0.2) is 0 Å². The predicted molar refractivity (Wildman–Crippen MR) is 62.6 cm³/mol. The molecule has 10 heteroatoms.